The van der Waals surface area contributed by atoms with Crippen molar-refractivity contribution >= 4 is 16.7 Å². The van der Waals surface area contributed by atoms with E-state index in [0.717, 1.165) is 11.8 Å². The van der Waals surface area contributed by atoms with Crippen LogP contribution in [0.3, 0.4) is 0 Å². The molecule has 0 bridgehead atoms. The van der Waals surface area contributed by atoms with Crippen LogP contribution in [0.4, 0.5) is 5.69 Å². The first-order valence-electron chi connectivity index (χ1n) is 4.52. The first-order valence-corrected chi connectivity index (χ1v) is 4.52. The van der Waals surface area contributed by atoms with Crippen LogP contribution < -0.4 is 10.5 Å². The molecule has 0 aliphatic heterocycles. The average Bonchev–Trinajstić information content (AvgIpc) is 2.16. The van der Waals surface area contributed by atoms with Gasteiger partial charge in [-0.25, -0.2) is 4.79 Å². The van der Waals surface area contributed by atoms with Crippen LogP contribution in [0.2, 0.25) is 0 Å². The van der Waals surface area contributed by atoms with Crippen molar-refractivity contribution < 1.29 is 15.0 Å². The summed E-state index contributed by atoms with van der Waals surface area (Å²) in [5, 5.41) is 10.0. The Morgan fingerprint density at radius 3 is 2.56 bits per heavy atom. The van der Waals surface area contributed by atoms with Crippen LogP contribution in [-0.2, 0) is 0 Å². The molecule has 2 rings (SSSR count). The molecule has 0 radical (unpaired) electrons. The van der Waals surface area contributed by atoms with E-state index in [1.165, 1.54) is 0 Å². The average molecular weight is 223 g/mol. The van der Waals surface area contributed by atoms with Crippen molar-refractivity contribution in [3.05, 3.63) is 34.7 Å². The number of hydrogen-bond donors (Lipinski definition) is 1. The lowest BCUT2D eigenvalue weighted by Gasteiger charge is -2.12. The highest BCUT2D eigenvalue weighted by Crippen LogP contribution is 2.25. The largest absolute Gasteiger partial charge is 0.507 e. The monoisotopic (exact) mass is 223 g/mol. The highest BCUT2D eigenvalue weighted by atomic mass is 16.4. The van der Waals surface area contributed by atoms with Crippen LogP contribution in [0.5, 0.6) is 5.75 Å². The van der Waals surface area contributed by atoms with Crippen molar-refractivity contribution in [2.24, 2.45) is 0 Å². The van der Waals surface area contributed by atoms with E-state index >= 15 is 0 Å². The molecule has 1 aromatic heterocycles. The molecule has 86 valence electrons. The van der Waals surface area contributed by atoms with Gasteiger partial charge in [-0.15, -0.1) is 0 Å². The Hall–Kier alpha value is -2.01. The van der Waals surface area contributed by atoms with Crippen LogP contribution in [0.15, 0.2) is 33.5 Å². The summed E-state index contributed by atoms with van der Waals surface area (Å²) < 4.78 is 4.99. The van der Waals surface area contributed by atoms with E-state index in [4.69, 9.17) is 4.42 Å². The third-order valence-electron chi connectivity index (χ3n) is 2.22. The maximum atomic E-state index is 11.0. The number of benzene rings is 1. The fourth-order valence-corrected chi connectivity index (χ4v) is 1.41. The third-order valence-corrected chi connectivity index (χ3v) is 2.22. The van der Waals surface area contributed by atoms with Crippen molar-refractivity contribution in [3.63, 3.8) is 0 Å². The van der Waals surface area contributed by atoms with Crippen molar-refractivity contribution in [2.75, 3.05) is 19.0 Å². The molecule has 5 nitrogen and oxygen atoms in total. The molecule has 0 aliphatic rings. The van der Waals surface area contributed by atoms with Crippen molar-refractivity contribution in [1.82, 2.24) is 0 Å². The first kappa shape index (κ1) is 12.1. The van der Waals surface area contributed by atoms with E-state index < -0.39 is 5.63 Å². The maximum absolute atomic E-state index is 11.0. The molecule has 3 N–H and O–H groups in total. The Balaban J connectivity index is 0.00000128. The minimum atomic E-state index is -0.545. The number of aromatic hydroxyl groups is 1. The summed E-state index contributed by atoms with van der Waals surface area (Å²) in [6, 6.07) is 6.36. The standard InChI is InChI=1S/C11H11NO3.H2O/c1-12(2)7-3-4-8-9(13)6-11(14)15-10(8)5-7;/h3-6,13H,1-2H3;1H2. The molecule has 0 aliphatic carbocycles. The Bertz CT molecular complexity index is 559. The lowest BCUT2D eigenvalue weighted by Crippen LogP contribution is -2.08. The summed E-state index contributed by atoms with van der Waals surface area (Å²) in [6.07, 6.45) is 0. The molecule has 0 unspecified atom stereocenters. The smallest absolute Gasteiger partial charge is 0.339 e. The van der Waals surface area contributed by atoms with Gasteiger partial charge in [0.2, 0.25) is 0 Å². The molecule has 2 aromatic rings. The van der Waals surface area contributed by atoms with Crippen LogP contribution >= 0.6 is 0 Å². The second-order valence-corrected chi connectivity index (χ2v) is 3.53. The zero-order valence-electron chi connectivity index (χ0n) is 9.02. The molecule has 5 heteroatoms. The van der Waals surface area contributed by atoms with Gasteiger partial charge in [0.05, 0.1) is 11.5 Å². The van der Waals surface area contributed by atoms with Gasteiger partial charge in [0, 0.05) is 25.8 Å². The van der Waals surface area contributed by atoms with Crippen LogP contribution in [0.1, 0.15) is 0 Å². The normalized spacial score (nSPS) is 9.88. The van der Waals surface area contributed by atoms with E-state index in [2.05, 4.69) is 0 Å². The Kier molecular flexibility index (Phi) is 3.20. The molecule has 0 spiro atoms. The van der Waals surface area contributed by atoms with Gasteiger partial charge in [-0.3, -0.25) is 0 Å². The SMILES string of the molecule is CN(C)c1ccc2c(O)cc(=O)oc2c1.O. The molecule has 0 fully saturated rings. The van der Waals surface area contributed by atoms with Crippen molar-refractivity contribution in [2.45, 2.75) is 0 Å². The van der Waals surface area contributed by atoms with E-state index in [0.29, 0.717) is 11.0 Å². The fraction of sp³-hybridized carbons (Fsp3) is 0.182. The number of fused-ring (bicyclic) bond motifs is 1. The van der Waals surface area contributed by atoms with Crippen LogP contribution in [0.25, 0.3) is 11.0 Å². The maximum Gasteiger partial charge on any atom is 0.339 e. The Morgan fingerprint density at radius 1 is 1.25 bits per heavy atom. The molecule has 0 amide bonds. The Labute approximate surface area is 91.8 Å². The number of nitrogens with zero attached hydrogens (tertiary/aromatic N) is 1. The molecular formula is C11H13NO4. The van der Waals surface area contributed by atoms with E-state index in [1.54, 1.807) is 12.1 Å². The van der Waals surface area contributed by atoms with Crippen molar-refractivity contribution in [1.29, 1.82) is 0 Å². The first-order chi connectivity index (χ1) is 7.08. The number of anilines is 1. The predicted molar refractivity (Wildman–Crippen MR) is 62.1 cm³/mol. The summed E-state index contributed by atoms with van der Waals surface area (Å²) in [7, 11) is 3.78. The molecular weight excluding hydrogens is 210 g/mol. The van der Waals surface area contributed by atoms with Crippen LogP contribution in [-0.4, -0.2) is 24.7 Å². The topological polar surface area (TPSA) is 85.2 Å². The van der Waals surface area contributed by atoms with Gasteiger partial charge < -0.3 is 19.9 Å². The van der Waals surface area contributed by atoms with E-state index in [1.807, 2.05) is 25.1 Å². The molecule has 1 heterocycles. The third kappa shape index (κ3) is 1.99. The highest BCUT2D eigenvalue weighted by molar-refractivity contribution is 5.85. The van der Waals surface area contributed by atoms with Gasteiger partial charge in [-0.05, 0) is 12.1 Å². The van der Waals surface area contributed by atoms with Gasteiger partial charge in [0.25, 0.3) is 0 Å². The van der Waals surface area contributed by atoms with Gasteiger partial charge >= 0.3 is 5.63 Å². The van der Waals surface area contributed by atoms with Crippen molar-refractivity contribution in [3.8, 4) is 5.75 Å². The number of rotatable bonds is 1. The Morgan fingerprint density at radius 2 is 1.94 bits per heavy atom. The number of hydrogen-bond acceptors (Lipinski definition) is 4. The molecule has 0 saturated carbocycles. The molecule has 1 aromatic carbocycles. The molecule has 0 atom stereocenters. The quantitative estimate of drug-likeness (QED) is 0.722. The molecule has 16 heavy (non-hydrogen) atoms. The zero-order chi connectivity index (χ0) is 11.0. The van der Waals surface area contributed by atoms with Gasteiger partial charge in [-0.1, -0.05) is 0 Å². The lowest BCUT2D eigenvalue weighted by atomic mass is 10.2. The van der Waals surface area contributed by atoms with Gasteiger partial charge in [0.1, 0.15) is 11.3 Å². The van der Waals surface area contributed by atoms with Gasteiger partial charge in [0.15, 0.2) is 0 Å². The van der Waals surface area contributed by atoms with Gasteiger partial charge in [-0.2, -0.15) is 0 Å². The second kappa shape index (κ2) is 4.24. The summed E-state index contributed by atoms with van der Waals surface area (Å²) in [4.78, 5) is 12.9. The summed E-state index contributed by atoms with van der Waals surface area (Å²) in [6.45, 7) is 0. The van der Waals surface area contributed by atoms with Crippen LogP contribution in [0, 0.1) is 0 Å². The minimum Gasteiger partial charge on any atom is -0.507 e. The minimum absolute atomic E-state index is 0. The summed E-state index contributed by atoms with van der Waals surface area (Å²) >= 11 is 0. The van der Waals surface area contributed by atoms with E-state index in [9.17, 15) is 9.90 Å². The van der Waals surface area contributed by atoms with E-state index in [-0.39, 0.29) is 11.2 Å². The summed E-state index contributed by atoms with van der Waals surface area (Å²) in [5.41, 5.74) is 0.762. The fourth-order valence-electron chi connectivity index (χ4n) is 1.41. The zero-order valence-corrected chi connectivity index (χ0v) is 9.02. The highest BCUT2D eigenvalue weighted by Gasteiger charge is 2.05. The lowest BCUT2D eigenvalue weighted by molar-refractivity contribution is 0.468. The summed E-state index contributed by atoms with van der Waals surface area (Å²) in [5.74, 6) is -0.0495. The second-order valence-electron chi connectivity index (χ2n) is 3.53. The predicted octanol–water partition coefficient (Wildman–Crippen LogP) is 0.740. The molecule has 0 saturated heterocycles.